The van der Waals surface area contributed by atoms with E-state index < -0.39 is 5.97 Å². The summed E-state index contributed by atoms with van der Waals surface area (Å²) in [7, 11) is 3.48. The molecule has 6 heteroatoms. The Labute approximate surface area is 113 Å². The van der Waals surface area contributed by atoms with Gasteiger partial charge in [-0.1, -0.05) is 6.92 Å². The zero-order valence-electron chi connectivity index (χ0n) is 11.6. The summed E-state index contributed by atoms with van der Waals surface area (Å²) >= 11 is 0. The second kappa shape index (κ2) is 5.97. The predicted molar refractivity (Wildman–Crippen MR) is 72.1 cm³/mol. The molecule has 1 aliphatic heterocycles. The molecule has 2 heterocycles. The molecule has 1 aromatic rings. The van der Waals surface area contributed by atoms with E-state index >= 15 is 0 Å². The molecule has 19 heavy (non-hydrogen) atoms. The Kier molecular flexibility index (Phi) is 4.31. The first-order chi connectivity index (χ1) is 9.11. The maximum Gasteiger partial charge on any atom is 0.343 e. The van der Waals surface area contributed by atoms with E-state index in [9.17, 15) is 4.79 Å². The highest BCUT2D eigenvalue weighted by molar-refractivity contribution is 5.94. The first kappa shape index (κ1) is 13.7. The summed E-state index contributed by atoms with van der Waals surface area (Å²) in [5.74, 6) is 0.645. The van der Waals surface area contributed by atoms with Gasteiger partial charge in [0.25, 0.3) is 0 Å². The molecule has 1 aromatic heterocycles. The number of methoxy groups -OCH3 is 1. The summed E-state index contributed by atoms with van der Waals surface area (Å²) in [6, 6.07) is 0.314. The number of carbonyl (C=O) groups is 1. The highest BCUT2D eigenvalue weighted by Gasteiger charge is 2.25. The predicted octanol–water partition coefficient (Wildman–Crippen LogP) is 1.02. The van der Waals surface area contributed by atoms with Gasteiger partial charge in [0, 0.05) is 18.8 Å². The van der Waals surface area contributed by atoms with Crippen LogP contribution in [0.15, 0.2) is 12.5 Å². The number of rotatable bonds is 3. The quantitative estimate of drug-likeness (QED) is 0.822. The molecule has 2 atom stereocenters. The van der Waals surface area contributed by atoms with E-state index in [4.69, 9.17) is 4.74 Å². The number of aromatic nitrogens is 2. The lowest BCUT2D eigenvalue weighted by Crippen LogP contribution is -2.43. The minimum absolute atomic E-state index is 0.314. The Hall–Kier alpha value is -1.69. The molecule has 1 fully saturated rings. The van der Waals surface area contributed by atoms with Gasteiger partial charge in [-0.2, -0.15) is 0 Å². The van der Waals surface area contributed by atoms with Crippen molar-refractivity contribution >= 4 is 11.8 Å². The average molecular weight is 264 g/mol. The fraction of sp³-hybridized carbons (Fsp3) is 0.615. The topological polar surface area (TPSA) is 67.3 Å². The zero-order valence-corrected chi connectivity index (χ0v) is 11.6. The standard InChI is InChI=1S/C13H20N4O2/c1-9-7-17(2)5-4-11(9)16-12-10(13(18)19-3)6-14-8-15-12/h6,8-9,11H,4-5,7H2,1-3H3,(H,14,15,16). The van der Waals surface area contributed by atoms with Gasteiger partial charge in [-0.3, -0.25) is 0 Å². The Morgan fingerprint density at radius 3 is 3.05 bits per heavy atom. The van der Waals surface area contributed by atoms with Crippen molar-refractivity contribution in [2.75, 3.05) is 32.6 Å². The lowest BCUT2D eigenvalue weighted by atomic mass is 9.94. The summed E-state index contributed by atoms with van der Waals surface area (Å²) in [6.07, 6.45) is 3.96. The minimum atomic E-state index is -0.413. The first-order valence-electron chi connectivity index (χ1n) is 6.45. The smallest absolute Gasteiger partial charge is 0.343 e. The van der Waals surface area contributed by atoms with Gasteiger partial charge in [0.2, 0.25) is 0 Å². The molecule has 1 saturated heterocycles. The van der Waals surface area contributed by atoms with Crippen LogP contribution in [0.2, 0.25) is 0 Å². The van der Waals surface area contributed by atoms with E-state index in [1.54, 1.807) is 0 Å². The third kappa shape index (κ3) is 3.20. The number of nitrogens with one attached hydrogen (secondary N) is 1. The summed E-state index contributed by atoms with van der Waals surface area (Å²) in [6.45, 7) is 4.28. The van der Waals surface area contributed by atoms with E-state index in [0.29, 0.717) is 23.3 Å². The fourth-order valence-corrected chi connectivity index (χ4v) is 2.45. The highest BCUT2D eigenvalue weighted by atomic mass is 16.5. The zero-order chi connectivity index (χ0) is 13.8. The normalized spacial score (nSPS) is 23.9. The molecular weight excluding hydrogens is 244 g/mol. The van der Waals surface area contributed by atoms with Gasteiger partial charge in [0.05, 0.1) is 7.11 Å². The Morgan fingerprint density at radius 1 is 1.58 bits per heavy atom. The van der Waals surface area contributed by atoms with Crippen LogP contribution in [0.4, 0.5) is 5.82 Å². The number of hydrogen-bond acceptors (Lipinski definition) is 6. The van der Waals surface area contributed by atoms with Gasteiger partial charge < -0.3 is 15.0 Å². The molecule has 1 aliphatic rings. The lowest BCUT2D eigenvalue weighted by molar-refractivity contribution is 0.0600. The van der Waals surface area contributed by atoms with Gasteiger partial charge in [0.15, 0.2) is 0 Å². The Bertz CT molecular complexity index is 452. The van der Waals surface area contributed by atoms with E-state index in [1.807, 2.05) is 0 Å². The third-order valence-corrected chi connectivity index (χ3v) is 3.55. The van der Waals surface area contributed by atoms with Crippen molar-refractivity contribution in [1.82, 2.24) is 14.9 Å². The van der Waals surface area contributed by atoms with E-state index in [0.717, 1.165) is 19.5 Å². The van der Waals surface area contributed by atoms with Crippen LogP contribution in [-0.2, 0) is 4.74 Å². The second-order valence-corrected chi connectivity index (χ2v) is 5.06. The number of carbonyl (C=O) groups excluding carboxylic acids is 1. The van der Waals surface area contributed by atoms with Crippen LogP contribution < -0.4 is 5.32 Å². The molecule has 104 valence electrons. The number of esters is 1. The molecule has 0 amide bonds. The van der Waals surface area contributed by atoms with Crippen molar-refractivity contribution < 1.29 is 9.53 Å². The van der Waals surface area contributed by atoms with Crippen LogP contribution in [-0.4, -0.2) is 54.1 Å². The van der Waals surface area contributed by atoms with Gasteiger partial charge in [0.1, 0.15) is 17.7 Å². The Balaban J connectivity index is 2.13. The van der Waals surface area contributed by atoms with E-state index in [-0.39, 0.29) is 0 Å². The summed E-state index contributed by atoms with van der Waals surface area (Å²) in [5, 5.41) is 3.36. The number of hydrogen-bond donors (Lipinski definition) is 1. The van der Waals surface area contributed by atoms with Crippen molar-refractivity contribution in [2.24, 2.45) is 5.92 Å². The van der Waals surface area contributed by atoms with Crippen LogP contribution in [0.1, 0.15) is 23.7 Å². The SMILES string of the molecule is COC(=O)c1cncnc1NC1CCN(C)CC1C. The maximum absolute atomic E-state index is 11.7. The number of piperidine rings is 1. The number of nitrogens with zero attached hydrogens (tertiary/aromatic N) is 3. The van der Waals surface area contributed by atoms with Crippen LogP contribution in [0.5, 0.6) is 0 Å². The van der Waals surface area contributed by atoms with Crippen LogP contribution in [0.25, 0.3) is 0 Å². The molecule has 0 bridgehead atoms. The third-order valence-electron chi connectivity index (χ3n) is 3.55. The molecule has 6 nitrogen and oxygen atoms in total. The largest absolute Gasteiger partial charge is 0.465 e. The van der Waals surface area contributed by atoms with Gasteiger partial charge >= 0.3 is 5.97 Å². The molecule has 0 radical (unpaired) electrons. The molecule has 2 rings (SSSR count). The average Bonchev–Trinajstić information content (AvgIpc) is 2.41. The maximum atomic E-state index is 11.7. The monoisotopic (exact) mass is 264 g/mol. The van der Waals surface area contributed by atoms with Gasteiger partial charge in [-0.15, -0.1) is 0 Å². The lowest BCUT2D eigenvalue weighted by Gasteiger charge is -2.35. The van der Waals surface area contributed by atoms with Crippen molar-refractivity contribution in [2.45, 2.75) is 19.4 Å². The van der Waals surface area contributed by atoms with Gasteiger partial charge in [-0.05, 0) is 25.9 Å². The molecular formula is C13H20N4O2. The number of ether oxygens (including phenoxy) is 1. The number of likely N-dealkylation sites (tertiary alicyclic amines) is 1. The molecule has 0 spiro atoms. The summed E-state index contributed by atoms with van der Waals surface area (Å²) in [5.41, 5.74) is 0.385. The van der Waals surface area contributed by atoms with E-state index in [2.05, 4.69) is 34.2 Å². The highest BCUT2D eigenvalue weighted by Crippen LogP contribution is 2.21. The molecule has 1 N–H and O–H groups in total. The fourth-order valence-electron chi connectivity index (χ4n) is 2.45. The van der Waals surface area contributed by atoms with Crippen LogP contribution in [0, 0.1) is 5.92 Å². The van der Waals surface area contributed by atoms with Crippen LogP contribution >= 0.6 is 0 Å². The molecule has 2 unspecified atom stereocenters. The van der Waals surface area contributed by atoms with Crippen molar-refractivity contribution in [1.29, 1.82) is 0 Å². The molecule has 0 aromatic carbocycles. The first-order valence-corrected chi connectivity index (χ1v) is 6.45. The van der Waals surface area contributed by atoms with Gasteiger partial charge in [-0.25, -0.2) is 14.8 Å². The number of anilines is 1. The second-order valence-electron chi connectivity index (χ2n) is 5.06. The molecule has 0 saturated carbocycles. The van der Waals surface area contributed by atoms with Crippen molar-refractivity contribution in [3.05, 3.63) is 18.1 Å². The summed E-state index contributed by atoms with van der Waals surface area (Å²) < 4.78 is 4.74. The Morgan fingerprint density at radius 2 is 2.37 bits per heavy atom. The minimum Gasteiger partial charge on any atom is -0.465 e. The summed E-state index contributed by atoms with van der Waals surface area (Å²) in [4.78, 5) is 22.0. The van der Waals surface area contributed by atoms with Crippen molar-refractivity contribution in [3.63, 3.8) is 0 Å². The van der Waals surface area contributed by atoms with Crippen molar-refractivity contribution in [3.8, 4) is 0 Å². The van der Waals surface area contributed by atoms with Crippen LogP contribution in [0.3, 0.4) is 0 Å². The van der Waals surface area contributed by atoms with E-state index in [1.165, 1.54) is 19.6 Å². The molecule has 0 aliphatic carbocycles.